The Balaban J connectivity index is 1.90. The molecule has 0 bridgehead atoms. The van der Waals surface area contributed by atoms with Crippen LogP contribution in [0.15, 0.2) is 76.8 Å². The Morgan fingerprint density at radius 3 is 2.33 bits per heavy atom. The number of carbonyl (C=O) groups excluding carboxylic acids is 3. The Bertz CT molecular complexity index is 1390. The number of phenols is 1. The number of nitrogens with zero attached hydrogens (tertiary/aromatic N) is 1. The van der Waals surface area contributed by atoms with Gasteiger partial charge >= 0.3 is 5.97 Å². The van der Waals surface area contributed by atoms with Gasteiger partial charge in [0, 0.05) is 15.7 Å². The second-order valence-corrected chi connectivity index (χ2v) is 9.58. The number of aliphatic hydroxyl groups excluding tert-OH is 1. The molecule has 184 valence electrons. The van der Waals surface area contributed by atoms with Crippen LogP contribution in [0.25, 0.3) is 5.76 Å². The lowest BCUT2D eigenvalue weighted by molar-refractivity contribution is -0.132. The predicted molar refractivity (Wildman–Crippen MR) is 139 cm³/mol. The van der Waals surface area contributed by atoms with Gasteiger partial charge in [0.1, 0.15) is 11.5 Å². The molecule has 1 atom stereocenters. The minimum absolute atomic E-state index is 0.0117. The Labute approximate surface area is 216 Å². The number of benzene rings is 3. The lowest BCUT2D eigenvalue weighted by Crippen LogP contribution is -2.29. The van der Waals surface area contributed by atoms with E-state index in [9.17, 15) is 24.6 Å². The topological polar surface area (TPSA) is 104 Å². The summed E-state index contributed by atoms with van der Waals surface area (Å²) in [6.45, 7) is 5.31. The first-order valence-electron chi connectivity index (χ1n) is 11.3. The highest BCUT2D eigenvalue weighted by Crippen LogP contribution is 2.43. The van der Waals surface area contributed by atoms with Crippen molar-refractivity contribution in [2.24, 2.45) is 0 Å². The van der Waals surface area contributed by atoms with Gasteiger partial charge in [-0.1, -0.05) is 40.2 Å². The average Bonchev–Trinajstić information content (AvgIpc) is 3.11. The minimum Gasteiger partial charge on any atom is -0.508 e. The van der Waals surface area contributed by atoms with Crippen LogP contribution in [-0.2, 0) is 14.3 Å². The maximum atomic E-state index is 13.3. The highest BCUT2D eigenvalue weighted by Gasteiger charge is 2.47. The SMILES string of the molecule is Cc1cc(/C(O)=C2\C(=O)C(=O)N(c3cccc(C(=O)OC(C)C)c3)C2c2ccc(O)cc2)ccc1Br. The molecule has 0 aromatic heterocycles. The number of anilines is 1. The number of phenolic OH excluding ortho intramolecular Hbond substituents is 1. The van der Waals surface area contributed by atoms with E-state index >= 15 is 0 Å². The van der Waals surface area contributed by atoms with Crippen LogP contribution in [0.5, 0.6) is 5.75 Å². The molecule has 1 heterocycles. The van der Waals surface area contributed by atoms with Crippen molar-refractivity contribution in [2.75, 3.05) is 4.90 Å². The van der Waals surface area contributed by atoms with Gasteiger partial charge in [-0.15, -0.1) is 0 Å². The second-order valence-electron chi connectivity index (χ2n) is 8.73. The zero-order valence-electron chi connectivity index (χ0n) is 19.9. The van der Waals surface area contributed by atoms with E-state index in [4.69, 9.17) is 4.74 Å². The molecule has 1 aliphatic rings. The highest BCUT2D eigenvalue weighted by molar-refractivity contribution is 9.10. The Kier molecular flexibility index (Phi) is 6.99. The Morgan fingerprint density at radius 1 is 1.00 bits per heavy atom. The van der Waals surface area contributed by atoms with Crippen LogP contribution in [0.1, 0.15) is 46.9 Å². The van der Waals surface area contributed by atoms with E-state index < -0.39 is 23.7 Å². The maximum Gasteiger partial charge on any atom is 0.338 e. The van der Waals surface area contributed by atoms with Gasteiger partial charge in [0.2, 0.25) is 0 Å². The Hall–Kier alpha value is -3.91. The average molecular weight is 550 g/mol. The van der Waals surface area contributed by atoms with Crippen molar-refractivity contribution in [3.05, 3.63) is 99.0 Å². The normalized spacial score (nSPS) is 17.0. The van der Waals surface area contributed by atoms with E-state index in [0.29, 0.717) is 16.8 Å². The number of hydrogen-bond acceptors (Lipinski definition) is 6. The molecule has 7 nitrogen and oxygen atoms in total. The number of ether oxygens (including phenoxy) is 1. The monoisotopic (exact) mass is 549 g/mol. The van der Waals surface area contributed by atoms with Gasteiger partial charge in [-0.3, -0.25) is 14.5 Å². The van der Waals surface area contributed by atoms with Crippen molar-refractivity contribution < 1.29 is 29.3 Å². The van der Waals surface area contributed by atoms with Crippen molar-refractivity contribution in [1.29, 1.82) is 0 Å². The van der Waals surface area contributed by atoms with Crippen molar-refractivity contribution in [3.8, 4) is 5.75 Å². The molecule has 2 N–H and O–H groups in total. The fourth-order valence-electron chi connectivity index (χ4n) is 4.08. The number of aryl methyl sites for hydroxylation is 1. The molecule has 0 radical (unpaired) electrons. The summed E-state index contributed by atoms with van der Waals surface area (Å²) in [7, 11) is 0. The first-order chi connectivity index (χ1) is 17.1. The first kappa shape index (κ1) is 25.2. The molecular weight excluding hydrogens is 526 g/mol. The van der Waals surface area contributed by atoms with Gasteiger partial charge in [-0.25, -0.2) is 4.79 Å². The number of halogens is 1. The summed E-state index contributed by atoms with van der Waals surface area (Å²) in [6.07, 6.45) is -0.332. The number of ketones is 1. The number of Topliss-reactive ketones (excluding diaryl/α,β-unsaturated/α-hetero) is 1. The fourth-order valence-corrected chi connectivity index (χ4v) is 4.33. The van der Waals surface area contributed by atoms with Crippen LogP contribution in [0, 0.1) is 6.92 Å². The molecular formula is C28H24BrNO6. The predicted octanol–water partition coefficient (Wildman–Crippen LogP) is 5.65. The number of aromatic hydroxyl groups is 1. The Morgan fingerprint density at radius 2 is 1.69 bits per heavy atom. The van der Waals surface area contributed by atoms with Crippen LogP contribution in [0.4, 0.5) is 5.69 Å². The van der Waals surface area contributed by atoms with Crippen LogP contribution < -0.4 is 4.90 Å². The zero-order valence-corrected chi connectivity index (χ0v) is 21.4. The number of amides is 1. The maximum absolute atomic E-state index is 13.3. The number of esters is 1. The number of aliphatic hydroxyl groups is 1. The molecule has 0 saturated carbocycles. The lowest BCUT2D eigenvalue weighted by atomic mass is 9.94. The number of rotatable bonds is 5. The third kappa shape index (κ3) is 4.77. The van der Waals surface area contributed by atoms with E-state index in [1.807, 2.05) is 6.92 Å². The molecule has 1 aliphatic heterocycles. The van der Waals surface area contributed by atoms with Crippen molar-refractivity contribution in [3.63, 3.8) is 0 Å². The number of carbonyl (C=O) groups is 3. The summed E-state index contributed by atoms with van der Waals surface area (Å²) in [4.78, 5) is 40.4. The minimum atomic E-state index is -0.995. The van der Waals surface area contributed by atoms with Gasteiger partial charge in [-0.05, 0) is 74.4 Å². The summed E-state index contributed by atoms with van der Waals surface area (Å²) in [5.74, 6) is -2.58. The van der Waals surface area contributed by atoms with Gasteiger partial charge in [0.15, 0.2) is 0 Å². The molecule has 36 heavy (non-hydrogen) atoms. The van der Waals surface area contributed by atoms with Gasteiger partial charge in [0.25, 0.3) is 11.7 Å². The summed E-state index contributed by atoms with van der Waals surface area (Å²) in [5, 5.41) is 21.1. The van der Waals surface area contributed by atoms with Crippen LogP contribution in [0.2, 0.25) is 0 Å². The molecule has 3 aromatic carbocycles. The molecule has 3 aromatic rings. The van der Waals surface area contributed by atoms with E-state index in [1.165, 1.54) is 23.1 Å². The van der Waals surface area contributed by atoms with Crippen LogP contribution >= 0.6 is 15.9 Å². The van der Waals surface area contributed by atoms with Crippen molar-refractivity contribution in [1.82, 2.24) is 0 Å². The molecule has 1 unspecified atom stereocenters. The molecule has 8 heteroatoms. The fraction of sp³-hybridized carbons (Fsp3) is 0.179. The molecule has 1 saturated heterocycles. The summed E-state index contributed by atoms with van der Waals surface area (Å²) in [6, 6.07) is 16.4. The third-order valence-corrected chi connectivity index (χ3v) is 6.68. The van der Waals surface area contributed by atoms with E-state index in [0.717, 1.165) is 10.0 Å². The molecule has 1 fully saturated rings. The van der Waals surface area contributed by atoms with Crippen LogP contribution in [0.3, 0.4) is 0 Å². The number of hydrogen-bond donors (Lipinski definition) is 2. The van der Waals surface area contributed by atoms with E-state index in [-0.39, 0.29) is 28.7 Å². The zero-order chi connectivity index (χ0) is 26.1. The molecule has 0 aliphatic carbocycles. The van der Waals surface area contributed by atoms with E-state index in [2.05, 4.69) is 15.9 Å². The summed E-state index contributed by atoms with van der Waals surface area (Å²) < 4.78 is 6.11. The van der Waals surface area contributed by atoms with Crippen molar-refractivity contribution >= 4 is 45.0 Å². The third-order valence-electron chi connectivity index (χ3n) is 5.79. The van der Waals surface area contributed by atoms with E-state index in [1.54, 1.807) is 62.4 Å². The standard InChI is InChI=1S/C28H24BrNO6/c1-15(2)36-28(35)19-5-4-6-20(14-19)30-24(17-7-10-21(31)11-8-17)23(26(33)27(30)34)25(32)18-9-12-22(29)16(3)13-18/h4-15,24,31-32H,1-3H3/b25-23+. The molecule has 1 amide bonds. The highest BCUT2D eigenvalue weighted by atomic mass is 79.9. The smallest absolute Gasteiger partial charge is 0.338 e. The van der Waals surface area contributed by atoms with Gasteiger partial charge < -0.3 is 14.9 Å². The molecule has 4 rings (SSSR count). The van der Waals surface area contributed by atoms with Crippen LogP contribution in [-0.4, -0.2) is 34.0 Å². The quantitative estimate of drug-likeness (QED) is 0.184. The van der Waals surface area contributed by atoms with Gasteiger partial charge in [-0.2, -0.15) is 0 Å². The van der Waals surface area contributed by atoms with Gasteiger partial charge in [0.05, 0.1) is 23.3 Å². The lowest BCUT2D eigenvalue weighted by Gasteiger charge is -2.26. The van der Waals surface area contributed by atoms with Crippen molar-refractivity contribution in [2.45, 2.75) is 32.9 Å². The first-order valence-corrected chi connectivity index (χ1v) is 12.0. The largest absolute Gasteiger partial charge is 0.508 e. The second kappa shape index (κ2) is 9.99. The molecule has 0 spiro atoms. The summed E-state index contributed by atoms with van der Waals surface area (Å²) >= 11 is 3.42. The summed E-state index contributed by atoms with van der Waals surface area (Å²) in [5.41, 5.74) is 2.13.